The Balaban J connectivity index is 3.02. The fourth-order valence-corrected chi connectivity index (χ4v) is 1.38. The Kier molecular flexibility index (Phi) is 4.16. The molecule has 15 heavy (non-hydrogen) atoms. The maximum atomic E-state index is 12.9. The molecule has 0 aliphatic heterocycles. The van der Waals surface area contributed by atoms with Gasteiger partial charge in [-0.3, -0.25) is 0 Å². The molecule has 0 radical (unpaired) electrons. The Labute approximate surface area is 87.3 Å². The molecular formula is C10H15FN2O2. The first-order valence-corrected chi connectivity index (χ1v) is 4.64. The number of rotatable bonds is 4. The van der Waals surface area contributed by atoms with Crippen LogP contribution in [0, 0.1) is 5.82 Å². The SMILES string of the molecule is NCc1cc(F)ccc1C(O)C(O)CN. The summed E-state index contributed by atoms with van der Waals surface area (Å²) < 4.78 is 12.9. The highest BCUT2D eigenvalue weighted by Gasteiger charge is 2.19. The quantitative estimate of drug-likeness (QED) is 0.550. The number of halogens is 1. The third-order valence-electron chi connectivity index (χ3n) is 2.25. The van der Waals surface area contributed by atoms with E-state index in [-0.39, 0.29) is 13.1 Å². The predicted octanol–water partition coefficient (Wildman–Crippen LogP) is -0.363. The second kappa shape index (κ2) is 5.18. The second-order valence-corrected chi connectivity index (χ2v) is 3.30. The fraction of sp³-hybridized carbons (Fsp3) is 0.400. The lowest BCUT2D eigenvalue weighted by Gasteiger charge is -2.19. The molecule has 0 saturated carbocycles. The molecule has 5 heteroatoms. The standard InChI is InChI=1S/C10H15FN2O2/c11-7-1-2-8(6(3-7)4-12)10(15)9(14)5-13/h1-3,9-10,14-15H,4-5,12-13H2. The van der Waals surface area contributed by atoms with Crippen molar-refractivity contribution in [2.75, 3.05) is 6.54 Å². The van der Waals surface area contributed by atoms with Gasteiger partial charge < -0.3 is 21.7 Å². The van der Waals surface area contributed by atoms with E-state index in [0.717, 1.165) is 0 Å². The van der Waals surface area contributed by atoms with E-state index in [0.29, 0.717) is 11.1 Å². The first-order valence-electron chi connectivity index (χ1n) is 4.64. The van der Waals surface area contributed by atoms with Gasteiger partial charge in [0, 0.05) is 13.1 Å². The third kappa shape index (κ3) is 2.73. The van der Waals surface area contributed by atoms with Crippen LogP contribution in [0.15, 0.2) is 18.2 Å². The Morgan fingerprint density at radius 2 is 1.93 bits per heavy atom. The number of benzene rings is 1. The van der Waals surface area contributed by atoms with Crippen molar-refractivity contribution in [1.29, 1.82) is 0 Å². The Hall–Kier alpha value is -1.01. The summed E-state index contributed by atoms with van der Waals surface area (Å²) >= 11 is 0. The molecule has 0 heterocycles. The lowest BCUT2D eigenvalue weighted by atomic mass is 9.98. The van der Waals surface area contributed by atoms with Crippen molar-refractivity contribution in [2.45, 2.75) is 18.8 Å². The molecular weight excluding hydrogens is 199 g/mol. The Morgan fingerprint density at radius 1 is 1.27 bits per heavy atom. The zero-order valence-corrected chi connectivity index (χ0v) is 8.23. The van der Waals surface area contributed by atoms with Crippen molar-refractivity contribution in [3.8, 4) is 0 Å². The van der Waals surface area contributed by atoms with Crippen LogP contribution in [0.2, 0.25) is 0 Å². The molecule has 1 rings (SSSR count). The molecule has 0 saturated heterocycles. The number of aliphatic hydroxyl groups excluding tert-OH is 2. The Morgan fingerprint density at radius 3 is 2.47 bits per heavy atom. The van der Waals surface area contributed by atoms with E-state index < -0.39 is 18.0 Å². The number of nitrogens with two attached hydrogens (primary N) is 2. The van der Waals surface area contributed by atoms with Gasteiger partial charge in [-0.05, 0) is 23.3 Å². The summed E-state index contributed by atoms with van der Waals surface area (Å²) in [5.74, 6) is -0.423. The molecule has 1 aromatic carbocycles. The van der Waals surface area contributed by atoms with Crippen LogP contribution in [0.5, 0.6) is 0 Å². The van der Waals surface area contributed by atoms with Crippen molar-refractivity contribution in [1.82, 2.24) is 0 Å². The molecule has 0 fully saturated rings. The van der Waals surface area contributed by atoms with Crippen LogP contribution < -0.4 is 11.5 Å². The van der Waals surface area contributed by atoms with E-state index >= 15 is 0 Å². The lowest BCUT2D eigenvalue weighted by Crippen LogP contribution is -2.28. The van der Waals surface area contributed by atoms with Crippen LogP contribution in [0.4, 0.5) is 4.39 Å². The molecule has 2 unspecified atom stereocenters. The highest BCUT2D eigenvalue weighted by atomic mass is 19.1. The van der Waals surface area contributed by atoms with Gasteiger partial charge in [0.2, 0.25) is 0 Å². The van der Waals surface area contributed by atoms with E-state index in [4.69, 9.17) is 11.5 Å². The van der Waals surface area contributed by atoms with Gasteiger partial charge in [0.05, 0.1) is 6.10 Å². The Bertz CT molecular complexity index is 333. The van der Waals surface area contributed by atoms with Gasteiger partial charge in [-0.25, -0.2) is 4.39 Å². The molecule has 0 spiro atoms. The number of aliphatic hydroxyl groups is 2. The van der Waals surface area contributed by atoms with Crippen molar-refractivity contribution in [2.24, 2.45) is 11.5 Å². The molecule has 0 bridgehead atoms. The van der Waals surface area contributed by atoms with Gasteiger partial charge in [-0.15, -0.1) is 0 Å². The van der Waals surface area contributed by atoms with Crippen LogP contribution in [-0.2, 0) is 6.54 Å². The molecule has 6 N–H and O–H groups in total. The largest absolute Gasteiger partial charge is 0.389 e. The smallest absolute Gasteiger partial charge is 0.123 e. The average Bonchev–Trinajstić information content (AvgIpc) is 2.26. The van der Waals surface area contributed by atoms with Crippen LogP contribution in [-0.4, -0.2) is 22.9 Å². The third-order valence-corrected chi connectivity index (χ3v) is 2.25. The normalized spacial score (nSPS) is 15.0. The van der Waals surface area contributed by atoms with Crippen LogP contribution in [0.1, 0.15) is 17.2 Å². The minimum atomic E-state index is -1.13. The molecule has 4 nitrogen and oxygen atoms in total. The first kappa shape index (κ1) is 12.1. The van der Waals surface area contributed by atoms with Gasteiger partial charge in [0.15, 0.2) is 0 Å². The second-order valence-electron chi connectivity index (χ2n) is 3.30. The fourth-order valence-electron chi connectivity index (χ4n) is 1.38. The highest BCUT2D eigenvalue weighted by molar-refractivity contribution is 5.30. The maximum Gasteiger partial charge on any atom is 0.123 e. The summed E-state index contributed by atoms with van der Waals surface area (Å²) in [5.41, 5.74) is 11.5. The van der Waals surface area contributed by atoms with Crippen LogP contribution >= 0.6 is 0 Å². The lowest BCUT2D eigenvalue weighted by molar-refractivity contribution is 0.0238. The van der Waals surface area contributed by atoms with E-state index in [1.54, 1.807) is 0 Å². The minimum absolute atomic E-state index is 0.0669. The van der Waals surface area contributed by atoms with Crippen molar-refractivity contribution < 1.29 is 14.6 Å². The monoisotopic (exact) mass is 214 g/mol. The maximum absolute atomic E-state index is 12.9. The zero-order chi connectivity index (χ0) is 11.4. The van der Waals surface area contributed by atoms with Crippen LogP contribution in [0.3, 0.4) is 0 Å². The van der Waals surface area contributed by atoms with E-state index in [9.17, 15) is 14.6 Å². The van der Waals surface area contributed by atoms with Gasteiger partial charge in [-0.2, -0.15) is 0 Å². The van der Waals surface area contributed by atoms with Crippen molar-refractivity contribution >= 4 is 0 Å². The highest BCUT2D eigenvalue weighted by Crippen LogP contribution is 2.21. The zero-order valence-electron chi connectivity index (χ0n) is 8.23. The summed E-state index contributed by atoms with van der Waals surface area (Å²) in [6, 6.07) is 3.85. The van der Waals surface area contributed by atoms with Gasteiger partial charge in [0.1, 0.15) is 11.9 Å². The minimum Gasteiger partial charge on any atom is -0.389 e. The van der Waals surface area contributed by atoms with Gasteiger partial charge >= 0.3 is 0 Å². The summed E-state index contributed by atoms with van der Waals surface area (Å²) in [4.78, 5) is 0. The summed E-state index contributed by atoms with van der Waals surface area (Å²) in [6.45, 7) is 0.0317. The van der Waals surface area contributed by atoms with Crippen molar-refractivity contribution in [3.63, 3.8) is 0 Å². The molecule has 1 aromatic rings. The molecule has 0 aliphatic carbocycles. The van der Waals surface area contributed by atoms with Crippen LogP contribution in [0.25, 0.3) is 0 Å². The molecule has 0 aliphatic rings. The van der Waals surface area contributed by atoms with E-state index in [1.807, 2.05) is 0 Å². The predicted molar refractivity (Wildman–Crippen MR) is 54.3 cm³/mol. The number of hydrogen-bond donors (Lipinski definition) is 4. The average molecular weight is 214 g/mol. The van der Waals surface area contributed by atoms with E-state index in [1.165, 1.54) is 18.2 Å². The van der Waals surface area contributed by atoms with E-state index in [2.05, 4.69) is 0 Å². The summed E-state index contributed by atoms with van der Waals surface area (Å²) in [7, 11) is 0. The van der Waals surface area contributed by atoms with Gasteiger partial charge in [0.25, 0.3) is 0 Å². The summed E-state index contributed by atoms with van der Waals surface area (Å²) in [5, 5.41) is 19.0. The topological polar surface area (TPSA) is 92.5 Å². The molecule has 84 valence electrons. The number of hydrogen-bond acceptors (Lipinski definition) is 4. The van der Waals surface area contributed by atoms with Crippen molar-refractivity contribution in [3.05, 3.63) is 35.1 Å². The molecule has 0 amide bonds. The molecule has 0 aromatic heterocycles. The van der Waals surface area contributed by atoms with Gasteiger partial charge in [-0.1, -0.05) is 6.07 Å². The first-order chi connectivity index (χ1) is 7.10. The molecule has 2 atom stereocenters. The summed E-state index contributed by atoms with van der Waals surface area (Å²) in [6.07, 6.45) is -2.20.